The molecule has 2 amide bonds. The van der Waals surface area contributed by atoms with E-state index in [1.807, 2.05) is 60.7 Å². The smallest absolute Gasteiger partial charge is 0.268 e. The molecule has 2 aromatic carbocycles. The molecular formula is C18H16N2O2. The number of hydrogen-bond donors (Lipinski definition) is 2. The van der Waals surface area contributed by atoms with Gasteiger partial charge in [0.2, 0.25) is 5.91 Å². The maximum atomic E-state index is 12.2. The Hall–Kier alpha value is -2.88. The first-order valence-electron chi connectivity index (χ1n) is 7.15. The van der Waals surface area contributed by atoms with Gasteiger partial charge in [-0.2, -0.15) is 0 Å². The molecule has 1 aliphatic heterocycles. The first-order chi connectivity index (χ1) is 10.7. The van der Waals surface area contributed by atoms with E-state index in [9.17, 15) is 9.59 Å². The lowest BCUT2D eigenvalue weighted by Crippen LogP contribution is -2.55. The molecule has 0 saturated carbocycles. The molecule has 0 unspecified atom stereocenters. The van der Waals surface area contributed by atoms with Gasteiger partial charge in [0.05, 0.1) is 0 Å². The van der Waals surface area contributed by atoms with Crippen LogP contribution in [-0.2, 0) is 16.0 Å². The van der Waals surface area contributed by atoms with Crippen LogP contribution < -0.4 is 10.6 Å². The van der Waals surface area contributed by atoms with Crippen LogP contribution >= 0.6 is 0 Å². The van der Waals surface area contributed by atoms with Crippen molar-refractivity contribution >= 4 is 17.9 Å². The average Bonchev–Trinajstić information content (AvgIpc) is 2.54. The van der Waals surface area contributed by atoms with Crippen LogP contribution in [0.15, 0.2) is 66.4 Å². The standard InChI is InChI=1S/C18H16N2O2/c21-17-15(11-13-7-3-1-4-8-13)19-18(22)16(20-17)12-14-9-5-2-6-10-14/h1-11,16H,12H2,(H,19,22)(H,20,21)/b15-11-/t16-/m0/s1. The molecule has 4 nitrogen and oxygen atoms in total. The SMILES string of the molecule is O=C1N[C@@H](Cc2ccccc2)C(=O)N/C1=C\c1ccccc1. The predicted octanol–water partition coefficient (Wildman–Crippen LogP) is 1.88. The highest BCUT2D eigenvalue weighted by Crippen LogP contribution is 2.11. The Morgan fingerprint density at radius 1 is 0.909 bits per heavy atom. The molecule has 0 spiro atoms. The Labute approximate surface area is 128 Å². The van der Waals surface area contributed by atoms with E-state index < -0.39 is 6.04 Å². The normalized spacial score (nSPS) is 19.6. The van der Waals surface area contributed by atoms with Gasteiger partial charge in [-0.1, -0.05) is 60.7 Å². The zero-order valence-electron chi connectivity index (χ0n) is 12.0. The number of piperazine rings is 1. The molecule has 0 bridgehead atoms. The van der Waals surface area contributed by atoms with Crippen LogP contribution in [-0.4, -0.2) is 17.9 Å². The summed E-state index contributed by atoms with van der Waals surface area (Å²) in [5.41, 5.74) is 2.16. The molecule has 2 aromatic rings. The Morgan fingerprint density at radius 2 is 1.55 bits per heavy atom. The third-order valence-corrected chi connectivity index (χ3v) is 3.52. The van der Waals surface area contributed by atoms with Crippen LogP contribution in [0.25, 0.3) is 6.08 Å². The summed E-state index contributed by atoms with van der Waals surface area (Å²) < 4.78 is 0. The fraction of sp³-hybridized carbons (Fsp3) is 0.111. The Bertz CT molecular complexity index is 708. The van der Waals surface area contributed by atoms with Gasteiger partial charge >= 0.3 is 0 Å². The molecule has 3 rings (SSSR count). The lowest BCUT2D eigenvalue weighted by Gasteiger charge is -2.25. The zero-order chi connectivity index (χ0) is 15.4. The van der Waals surface area contributed by atoms with Gasteiger partial charge in [0, 0.05) is 6.42 Å². The van der Waals surface area contributed by atoms with Crippen molar-refractivity contribution in [3.8, 4) is 0 Å². The molecule has 1 atom stereocenters. The van der Waals surface area contributed by atoms with Gasteiger partial charge in [-0.15, -0.1) is 0 Å². The van der Waals surface area contributed by atoms with E-state index in [-0.39, 0.29) is 17.5 Å². The molecule has 2 N–H and O–H groups in total. The fourth-order valence-corrected chi connectivity index (χ4v) is 2.39. The summed E-state index contributed by atoms with van der Waals surface area (Å²) in [5, 5.41) is 5.46. The second kappa shape index (κ2) is 6.26. The minimum Gasteiger partial charge on any atom is -0.339 e. The molecule has 0 aromatic heterocycles. The van der Waals surface area contributed by atoms with Gasteiger partial charge in [0.15, 0.2) is 0 Å². The van der Waals surface area contributed by atoms with Gasteiger partial charge in [0.1, 0.15) is 11.7 Å². The highest BCUT2D eigenvalue weighted by molar-refractivity contribution is 6.07. The summed E-state index contributed by atoms with van der Waals surface area (Å²) in [6.45, 7) is 0. The van der Waals surface area contributed by atoms with Crippen LogP contribution in [0.2, 0.25) is 0 Å². The van der Waals surface area contributed by atoms with E-state index in [2.05, 4.69) is 10.6 Å². The highest BCUT2D eigenvalue weighted by atomic mass is 16.2. The minimum atomic E-state index is -0.539. The van der Waals surface area contributed by atoms with Crippen molar-refractivity contribution in [2.24, 2.45) is 0 Å². The molecule has 0 aliphatic carbocycles. The van der Waals surface area contributed by atoms with E-state index in [0.717, 1.165) is 11.1 Å². The minimum absolute atomic E-state index is 0.189. The molecular weight excluding hydrogens is 276 g/mol. The number of carbonyl (C=O) groups excluding carboxylic acids is 2. The lowest BCUT2D eigenvalue weighted by molar-refractivity contribution is -0.131. The fourth-order valence-electron chi connectivity index (χ4n) is 2.39. The second-order valence-corrected chi connectivity index (χ2v) is 5.17. The zero-order valence-corrected chi connectivity index (χ0v) is 12.0. The Kier molecular flexibility index (Phi) is 4.01. The van der Waals surface area contributed by atoms with Crippen molar-refractivity contribution < 1.29 is 9.59 Å². The average molecular weight is 292 g/mol. The summed E-state index contributed by atoms with van der Waals surface area (Å²) in [5.74, 6) is -0.449. The van der Waals surface area contributed by atoms with Gasteiger partial charge < -0.3 is 10.6 Å². The van der Waals surface area contributed by atoms with Crippen LogP contribution in [0.1, 0.15) is 11.1 Å². The van der Waals surface area contributed by atoms with Crippen molar-refractivity contribution in [1.82, 2.24) is 10.6 Å². The molecule has 4 heteroatoms. The molecule has 22 heavy (non-hydrogen) atoms. The van der Waals surface area contributed by atoms with Crippen molar-refractivity contribution in [2.75, 3.05) is 0 Å². The maximum absolute atomic E-state index is 12.2. The van der Waals surface area contributed by atoms with E-state index in [0.29, 0.717) is 6.42 Å². The first kappa shape index (κ1) is 14.1. The molecule has 1 aliphatic rings. The van der Waals surface area contributed by atoms with E-state index >= 15 is 0 Å². The van der Waals surface area contributed by atoms with Crippen molar-refractivity contribution in [2.45, 2.75) is 12.5 Å². The number of hydrogen-bond acceptors (Lipinski definition) is 2. The van der Waals surface area contributed by atoms with E-state index in [1.54, 1.807) is 6.08 Å². The van der Waals surface area contributed by atoms with Gasteiger partial charge in [-0.25, -0.2) is 0 Å². The predicted molar refractivity (Wildman–Crippen MR) is 84.6 cm³/mol. The number of carbonyl (C=O) groups is 2. The first-order valence-corrected chi connectivity index (χ1v) is 7.15. The summed E-state index contributed by atoms with van der Waals surface area (Å²) >= 11 is 0. The molecule has 1 saturated heterocycles. The van der Waals surface area contributed by atoms with Gasteiger partial charge in [-0.05, 0) is 17.2 Å². The number of nitrogens with one attached hydrogen (secondary N) is 2. The summed E-state index contributed by atoms with van der Waals surface area (Å²) in [6.07, 6.45) is 2.16. The largest absolute Gasteiger partial charge is 0.339 e. The highest BCUT2D eigenvalue weighted by Gasteiger charge is 2.29. The Balaban J connectivity index is 1.73. The Morgan fingerprint density at radius 3 is 2.23 bits per heavy atom. The molecule has 1 heterocycles. The summed E-state index contributed by atoms with van der Waals surface area (Å²) in [7, 11) is 0. The lowest BCUT2D eigenvalue weighted by atomic mass is 10.0. The van der Waals surface area contributed by atoms with Crippen molar-refractivity contribution in [1.29, 1.82) is 0 Å². The quantitative estimate of drug-likeness (QED) is 0.849. The van der Waals surface area contributed by atoms with E-state index in [4.69, 9.17) is 0 Å². The number of rotatable bonds is 3. The monoisotopic (exact) mass is 292 g/mol. The van der Waals surface area contributed by atoms with Crippen molar-refractivity contribution in [3.63, 3.8) is 0 Å². The van der Waals surface area contributed by atoms with Crippen LogP contribution in [0.5, 0.6) is 0 Å². The molecule has 0 radical (unpaired) electrons. The van der Waals surface area contributed by atoms with Gasteiger partial charge in [-0.3, -0.25) is 9.59 Å². The van der Waals surface area contributed by atoms with Crippen molar-refractivity contribution in [3.05, 3.63) is 77.5 Å². The maximum Gasteiger partial charge on any atom is 0.268 e. The number of benzene rings is 2. The molecule has 1 fully saturated rings. The topological polar surface area (TPSA) is 58.2 Å². The molecule has 110 valence electrons. The van der Waals surface area contributed by atoms with Gasteiger partial charge in [0.25, 0.3) is 5.91 Å². The summed E-state index contributed by atoms with van der Waals surface area (Å²) in [4.78, 5) is 24.3. The van der Waals surface area contributed by atoms with Crippen LogP contribution in [0, 0.1) is 0 Å². The number of amides is 2. The summed E-state index contributed by atoms with van der Waals surface area (Å²) in [6, 6.07) is 18.5. The van der Waals surface area contributed by atoms with Crippen LogP contribution in [0.4, 0.5) is 0 Å². The third kappa shape index (κ3) is 3.23. The second-order valence-electron chi connectivity index (χ2n) is 5.17. The van der Waals surface area contributed by atoms with E-state index in [1.165, 1.54) is 0 Å². The third-order valence-electron chi connectivity index (χ3n) is 3.52. The van der Waals surface area contributed by atoms with Crippen LogP contribution in [0.3, 0.4) is 0 Å².